The van der Waals surface area contributed by atoms with Crippen LogP contribution in [0.2, 0.25) is 0 Å². The Labute approximate surface area is 159 Å². The monoisotopic (exact) mass is 360 g/mol. The van der Waals surface area contributed by atoms with Crippen LogP contribution in [0.4, 0.5) is 0 Å². The van der Waals surface area contributed by atoms with E-state index in [4.69, 9.17) is 4.74 Å². The Balaban J connectivity index is 1.71. The van der Waals surface area contributed by atoms with Crippen molar-refractivity contribution in [2.45, 2.75) is 32.8 Å². The van der Waals surface area contributed by atoms with Gasteiger partial charge in [0.15, 0.2) is 0 Å². The molecule has 0 fully saturated rings. The van der Waals surface area contributed by atoms with Crippen molar-refractivity contribution in [3.63, 3.8) is 0 Å². The van der Waals surface area contributed by atoms with Gasteiger partial charge in [0.1, 0.15) is 5.75 Å². The van der Waals surface area contributed by atoms with Crippen LogP contribution in [0.1, 0.15) is 31.4 Å². The minimum Gasteiger partial charge on any atom is -0.490 e. The molecule has 3 aromatic carbocycles. The van der Waals surface area contributed by atoms with Crippen molar-refractivity contribution in [2.24, 2.45) is 5.10 Å². The normalized spacial score (nSPS) is 11.2. The van der Waals surface area contributed by atoms with Gasteiger partial charge in [-0.1, -0.05) is 60.7 Å². The number of rotatable bonds is 7. The Hall–Kier alpha value is -3.14. The lowest BCUT2D eigenvalue weighted by molar-refractivity contribution is -0.121. The number of benzene rings is 3. The van der Waals surface area contributed by atoms with E-state index in [1.165, 1.54) is 0 Å². The fourth-order valence-corrected chi connectivity index (χ4v) is 2.89. The third-order valence-corrected chi connectivity index (χ3v) is 4.16. The topological polar surface area (TPSA) is 50.7 Å². The van der Waals surface area contributed by atoms with E-state index in [2.05, 4.69) is 10.5 Å². The smallest absolute Gasteiger partial charge is 0.240 e. The first-order valence-electron chi connectivity index (χ1n) is 9.17. The molecule has 0 atom stereocenters. The number of hydrogen-bond donors (Lipinski definition) is 1. The standard InChI is InChI=1S/C23H24N2O2/c1-17(2)27-22-14-13-19-10-6-7-11-20(19)21(22)16-24-25-23(26)15-12-18-8-4-3-5-9-18/h3-11,13-14,16-17H,12,15H2,1-2H3,(H,25,26)/b24-16-. The van der Waals surface area contributed by atoms with Crippen molar-refractivity contribution in [1.29, 1.82) is 0 Å². The minimum atomic E-state index is -0.110. The average Bonchev–Trinajstić information content (AvgIpc) is 2.68. The highest BCUT2D eigenvalue weighted by Crippen LogP contribution is 2.27. The zero-order chi connectivity index (χ0) is 19.1. The van der Waals surface area contributed by atoms with Gasteiger partial charge < -0.3 is 4.74 Å². The summed E-state index contributed by atoms with van der Waals surface area (Å²) in [7, 11) is 0. The Morgan fingerprint density at radius 2 is 1.78 bits per heavy atom. The number of nitrogens with zero attached hydrogens (tertiary/aromatic N) is 1. The Bertz CT molecular complexity index is 934. The van der Waals surface area contributed by atoms with Crippen molar-refractivity contribution in [3.05, 3.63) is 77.9 Å². The molecule has 138 valence electrons. The molecule has 1 amide bonds. The van der Waals surface area contributed by atoms with Crippen LogP contribution >= 0.6 is 0 Å². The van der Waals surface area contributed by atoms with Crippen molar-refractivity contribution >= 4 is 22.9 Å². The number of carbonyl (C=O) groups is 1. The molecule has 4 nitrogen and oxygen atoms in total. The largest absolute Gasteiger partial charge is 0.490 e. The molecule has 0 aromatic heterocycles. The number of aryl methyl sites for hydroxylation is 1. The molecule has 0 radical (unpaired) electrons. The summed E-state index contributed by atoms with van der Waals surface area (Å²) < 4.78 is 5.91. The zero-order valence-electron chi connectivity index (χ0n) is 15.7. The highest BCUT2D eigenvalue weighted by atomic mass is 16.5. The maximum atomic E-state index is 12.1. The van der Waals surface area contributed by atoms with E-state index in [0.29, 0.717) is 12.8 Å². The summed E-state index contributed by atoms with van der Waals surface area (Å²) in [4.78, 5) is 12.1. The Morgan fingerprint density at radius 3 is 2.56 bits per heavy atom. The minimum absolute atomic E-state index is 0.0544. The first-order chi connectivity index (χ1) is 13.1. The van der Waals surface area contributed by atoms with Crippen LogP contribution in [0.25, 0.3) is 10.8 Å². The Kier molecular flexibility index (Phi) is 6.21. The average molecular weight is 360 g/mol. The fourth-order valence-electron chi connectivity index (χ4n) is 2.89. The van der Waals surface area contributed by atoms with Gasteiger partial charge in [0.05, 0.1) is 12.3 Å². The number of ether oxygens (including phenoxy) is 1. The first-order valence-corrected chi connectivity index (χ1v) is 9.17. The summed E-state index contributed by atoms with van der Waals surface area (Å²) in [6.45, 7) is 3.98. The van der Waals surface area contributed by atoms with Gasteiger partial charge in [-0.15, -0.1) is 0 Å². The number of fused-ring (bicyclic) bond motifs is 1. The summed E-state index contributed by atoms with van der Waals surface area (Å²) in [5.41, 5.74) is 4.62. The summed E-state index contributed by atoms with van der Waals surface area (Å²) in [6.07, 6.45) is 2.81. The molecule has 0 unspecified atom stereocenters. The predicted octanol–water partition coefficient (Wildman–Crippen LogP) is 4.71. The molecule has 3 rings (SSSR count). The highest BCUT2D eigenvalue weighted by molar-refractivity contribution is 6.02. The van der Waals surface area contributed by atoms with E-state index in [1.54, 1.807) is 6.21 Å². The molecule has 0 aliphatic rings. The molecular weight excluding hydrogens is 336 g/mol. The molecule has 27 heavy (non-hydrogen) atoms. The van der Waals surface area contributed by atoms with E-state index in [9.17, 15) is 4.79 Å². The summed E-state index contributed by atoms with van der Waals surface area (Å²) in [5.74, 6) is 0.646. The van der Waals surface area contributed by atoms with E-state index in [-0.39, 0.29) is 12.0 Å². The second-order valence-corrected chi connectivity index (χ2v) is 6.64. The van der Waals surface area contributed by atoms with Crippen molar-refractivity contribution in [3.8, 4) is 5.75 Å². The SMILES string of the molecule is CC(C)Oc1ccc2ccccc2c1/C=N\NC(=O)CCc1ccccc1. The number of nitrogens with one attached hydrogen (secondary N) is 1. The van der Waals surface area contributed by atoms with Crippen LogP contribution in [-0.4, -0.2) is 18.2 Å². The van der Waals surface area contributed by atoms with Gasteiger partial charge in [0, 0.05) is 12.0 Å². The molecule has 0 saturated heterocycles. The van der Waals surface area contributed by atoms with Crippen LogP contribution in [0.5, 0.6) is 5.75 Å². The molecule has 0 aliphatic carbocycles. The van der Waals surface area contributed by atoms with Crippen LogP contribution < -0.4 is 10.2 Å². The lowest BCUT2D eigenvalue weighted by Gasteiger charge is -2.14. The predicted molar refractivity (Wildman–Crippen MR) is 110 cm³/mol. The van der Waals surface area contributed by atoms with Gasteiger partial charge in [-0.05, 0) is 42.7 Å². The zero-order valence-corrected chi connectivity index (χ0v) is 15.7. The molecule has 3 aromatic rings. The summed E-state index contributed by atoms with van der Waals surface area (Å²) >= 11 is 0. The number of carbonyl (C=O) groups excluding carboxylic acids is 1. The van der Waals surface area contributed by atoms with Gasteiger partial charge in [-0.2, -0.15) is 5.10 Å². The molecule has 0 aliphatic heterocycles. The third-order valence-electron chi connectivity index (χ3n) is 4.16. The molecular formula is C23H24N2O2. The van der Waals surface area contributed by atoms with Crippen LogP contribution in [0, 0.1) is 0 Å². The van der Waals surface area contributed by atoms with Gasteiger partial charge >= 0.3 is 0 Å². The summed E-state index contributed by atoms with van der Waals surface area (Å²) in [6, 6.07) is 22.0. The molecule has 0 saturated carbocycles. The second-order valence-electron chi connectivity index (χ2n) is 6.64. The van der Waals surface area contributed by atoms with Gasteiger partial charge in [0.25, 0.3) is 0 Å². The molecule has 1 N–H and O–H groups in total. The lowest BCUT2D eigenvalue weighted by atomic mass is 10.0. The summed E-state index contributed by atoms with van der Waals surface area (Å²) in [5, 5.41) is 6.31. The van der Waals surface area contributed by atoms with Gasteiger partial charge in [-0.25, -0.2) is 5.43 Å². The first kappa shape index (κ1) is 18.6. The second kappa shape index (κ2) is 8.99. The van der Waals surface area contributed by atoms with Crippen molar-refractivity contribution in [1.82, 2.24) is 5.43 Å². The van der Waals surface area contributed by atoms with Gasteiger partial charge in [-0.3, -0.25) is 4.79 Å². The quantitative estimate of drug-likeness (QED) is 0.490. The number of hydrazone groups is 1. The van der Waals surface area contributed by atoms with Gasteiger partial charge in [0.2, 0.25) is 5.91 Å². The lowest BCUT2D eigenvalue weighted by Crippen LogP contribution is -2.18. The van der Waals surface area contributed by atoms with Crippen LogP contribution in [0.3, 0.4) is 0 Å². The number of amides is 1. The maximum Gasteiger partial charge on any atom is 0.240 e. The Morgan fingerprint density at radius 1 is 1.04 bits per heavy atom. The van der Waals surface area contributed by atoms with E-state index in [1.807, 2.05) is 80.6 Å². The molecule has 0 spiro atoms. The molecule has 0 heterocycles. The van der Waals surface area contributed by atoms with Crippen LogP contribution in [0.15, 0.2) is 71.8 Å². The van der Waals surface area contributed by atoms with Crippen LogP contribution in [-0.2, 0) is 11.2 Å². The highest BCUT2D eigenvalue weighted by Gasteiger charge is 2.09. The van der Waals surface area contributed by atoms with Crippen molar-refractivity contribution < 1.29 is 9.53 Å². The van der Waals surface area contributed by atoms with E-state index in [0.717, 1.165) is 27.6 Å². The maximum absolute atomic E-state index is 12.1. The fraction of sp³-hybridized carbons (Fsp3) is 0.217. The van der Waals surface area contributed by atoms with Crippen molar-refractivity contribution in [2.75, 3.05) is 0 Å². The third kappa shape index (κ3) is 5.17. The molecule has 4 heteroatoms. The molecule has 0 bridgehead atoms. The number of hydrogen-bond acceptors (Lipinski definition) is 3. The van der Waals surface area contributed by atoms with E-state index < -0.39 is 0 Å². The van der Waals surface area contributed by atoms with E-state index >= 15 is 0 Å².